The molecule has 1 atom stereocenters. The van der Waals surface area contributed by atoms with Crippen LogP contribution in [-0.2, 0) is 4.74 Å². The zero-order valence-corrected chi connectivity index (χ0v) is 11.8. The van der Waals surface area contributed by atoms with Crippen molar-refractivity contribution >= 4 is 11.8 Å². The Hall–Kier alpha value is -0.830. The van der Waals surface area contributed by atoms with E-state index in [1.807, 2.05) is 18.7 Å². The maximum absolute atomic E-state index is 9.20. The number of thioether (sulfide) groups is 1. The number of unbranched alkanes of at least 4 members (excludes halogenated alkanes) is 1. The van der Waals surface area contributed by atoms with Crippen LogP contribution in [0, 0.1) is 0 Å². The van der Waals surface area contributed by atoms with E-state index >= 15 is 0 Å². The number of aliphatic hydroxyl groups is 1. The van der Waals surface area contributed by atoms with E-state index in [0.717, 1.165) is 36.3 Å². The second-order valence-corrected chi connectivity index (χ2v) is 5.49. The molecule has 0 aromatic rings. The van der Waals surface area contributed by atoms with E-state index in [0.29, 0.717) is 6.42 Å². The Bertz CT molecular complexity index is 271. The van der Waals surface area contributed by atoms with E-state index in [9.17, 15) is 5.11 Å². The minimum absolute atomic E-state index is 0.235. The number of aliphatic hydroxyl groups excluding tert-OH is 1. The topological polar surface area (TPSA) is 29.5 Å². The molecule has 0 aromatic heterocycles. The molecular weight excluding hydrogens is 232 g/mol. The van der Waals surface area contributed by atoms with Crippen LogP contribution in [0.2, 0.25) is 0 Å². The molecule has 0 rings (SSSR count). The standard InChI is InChI=1S/C14H24O2S/c1-11(2)14(10-12(3)15)17-9-7-6-8-13(4)16-5/h14-15H,1,3-4,6-10H2,2,5H3. The first-order valence-corrected chi connectivity index (χ1v) is 6.87. The molecule has 0 aliphatic carbocycles. The highest BCUT2D eigenvalue weighted by molar-refractivity contribution is 8.00. The quantitative estimate of drug-likeness (QED) is 0.355. The molecule has 0 heterocycles. The SMILES string of the molecule is C=C(O)CC(SCCCCC(=C)OC)C(=C)C. The maximum atomic E-state index is 9.20. The van der Waals surface area contributed by atoms with Crippen molar-refractivity contribution in [2.45, 2.75) is 37.9 Å². The first-order chi connectivity index (χ1) is 7.97. The molecule has 98 valence electrons. The van der Waals surface area contributed by atoms with Crippen LogP contribution in [0.5, 0.6) is 0 Å². The van der Waals surface area contributed by atoms with E-state index in [1.54, 1.807) is 7.11 Å². The van der Waals surface area contributed by atoms with Crippen molar-refractivity contribution in [1.82, 2.24) is 0 Å². The van der Waals surface area contributed by atoms with Crippen LogP contribution in [0.4, 0.5) is 0 Å². The van der Waals surface area contributed by atoms with Gasteiger partial charge in [0.15, 0.2) is 0 Å². The summed E-state index contributed by atoms with van der Waals surface area (Å²) in [6.45, 7) is 13.2. The summed E-state index contributed by atoms with van der Waals surface area (Å²) in [4.78, 5) is 0. The number of hydrogen-bond donors (Lipinski definition) is 1. The molecule has 17 heavy (non-hydrogen) atoms. The third-order valence-corrected chi connectivity index (χ3v) is 3.92. The molecule has 0 aliphatic heterocycles. The molecule has 0 fully saturated rings. The summed E-state index contributed by atoms with van der Waals surface area (Å²) >= 11 is 1.83. The van der Waals surface area contributed by atoms with E-state index in [2.05, 4.69) is 19.7 Å². The molecule has 2 nitrogen and oxygen atoms in total. The largest absolute Gasteiger partial charge is 0.513 e. The third-order valence-electron chi connectivity index (χ3n) is 2.43. The lowest BCUT2D eigenvalue weighted by Crippen LogP contribution is -2.06. The Morgan fingerprint density at radius 1 is 1.29 bits per heavy atom. The first-order valence-electron chi connectivity index (χ1n) is 5.83. The van der Waals surface area contributed by atoms with Gasteiger partial charge in [0.05, 0.1) is 18.6 Å². The van der Waals surface area contributed by atoms with Crippen molar-refractivity contribution in [1.29, 1.82) is 0 Å². The van der Waals surface area contributed by atoms with Crippen LogP contribution in [0.25, 0.3) is 0 Å². The summed E-state index contributed by atoms with van der Waals surface area (Å²) in [6.07, 6.45) is 3.73. The van der Waals surface area contributed by atoms with Crippen LogP contribution in [-0.4, -0.2) is 23.2 Å². The Balaban J connectivity index is 3.72. The summed E-state index contributed by atoms with van der Waals surface area (Å²) in [5, 5.41) is 9.48. The lowest BCUT2D eigenvalue weighted by molar-refractivity contribution is 0.277. The monoisotopic (exact) mass is 256 g/mol. The third kappa shape index (κ3) is 8.93. The van der Waals surface area contributed by atoms with Gasteiger partial charge in [-0.15, -0.1) is 0 Å². The Morgan fingerprint density at radius 3 is 2.41 bits per heavy atom. The smallest absolute Gasteiger partial charge is 0.0883 e. The van der Waals surface area contributed by atoms with Crippen LogP contribution in [0.1, 0.15) is 32.6 Å². The van der Waals surface area contributed by atoms with Gasteiger partial charge in [0.2, 0.25) is 0 Å². The lowest BCUT2D eigenvalue weighted by atomic mass is 10.2. The molecule has 1 unspecified atom stereocenters. The predicted molar refractivity (Wildman–Crippen MR) is 77.4 cm³/mol. The van der Waals surface area contributed by atoms with E-state index in [-0.39, 0.29) is 11.0 Å². The lowest BCUT2D eigenvalue weighted by Gasteiger charge is -2.15. The molecule has 1 N–H and O–H groups in total. The van der Waals surface area contributed by atoms with Gasteiger partial charge in [0, 0.05) is 18.1 Å². The van der Waals surface area contributed by atoms with Crippen molar-refractivity contribution in [3.05, 3.63) is 36.8 Å². The summed E-state index contributed by atoms with van der Waals surface area (Å²) in [5.74, 6) is 2.13. The van der Waals surface area contributed by atoms with Gasteiger partial charge in [0.1, 0.15) is 0 Å². The fourth-order valence-corrected chi connectivity index (χ4v) is 2.59. The Morgan fingerprint density at radius 2 is 1.94 bits per heavy atom. The van der Waals surface area contributed by atoms with Crippen molar-refractivity contribution in [2.75, 3.05) is 12.9 Å². The summed E-state index contributed by atoms with van der Waals surface area (Å²) in [7, 11) is 1.65. The number of allylic oxidation sites excluding steroid dienone is 2. The van der Waals surface area contributed by atoms with Gasteiger partial charge in [-0.2, -0.15) is 11.8 Å². The van der Waals surface area contributed by atoms with Gasteiger partial charge >= 0.3 is 0 Å². The molecule has 0 aliphatic rings. The van der Waals surface area contributed by atoms with Crippen LogP contribution < -0.4 is 0 Å². The van der Waals surface area contributed by atoms with Crippen LogP contribution >= 0.6 is 11.8 Å². The fraction of sp³-hybridized carbons (Fsp3) is 0.571. The number of methoxy groups -OCH3 is 1. The van der Waals surface area contributed by atoms with Gasteiger partial charge in [0.25, 0.3) is 0 Å². The molecular formula is C14H24O2S. The van der Waals surface area contributed by atoms with E-state index < -0.39 is 0 Å². The summed E-state index contributed by atoms with van der Waals surface area (Å²) in [5.41, 5.74) is 1.09. The van der Waals surface area contributed by atoms with Crippen molar-refractivity contribution in [3.63, 3.8) is 0 Å². The Kier molecular flexibility index (Phi) is 8.78. The molecule has 0 saturated heterocycles. The molecule has 0 aromatic carbocycles. The van der Waals surface area contributed by atoms with Crippen molar-refractivity contribution in [2.24, 2.45) is 0 Å². The minimum Gasteiger partial charge on any atom is -0.513 e. The highest BCUT2D eigenvalue weighted by atomic mass is 32.2. The van der Waals surface area contributed by atoms with Gasteiger partial charge < -0.3 is 9.84 Å². The van der Waals surface area contributed by atoms with Gasteiger partial charge in [-0.25, -0.2) is 0 Å². The first kappa shape index (κ1) is 16.2. The van der Waals surface area contributed by atoms with Gasteiger partial charge in [-0.3, -0.25) is 0 Å². The average molecular weight is 256 g/mol. The van der Waals surface area contributed by atoms with Crippen LogP contribution in [0.15, 0.2) is 36.8 Å². The average Bonchev–Trinajstić information content (AvgIpc) is 2.25. The normalized spacial score (nSPS) is 11.9. The second kappa shape index (κ2) is 9.23. The number of hydrogen-bond acceptors (Lipinski definition) is 3. The highest BCUT2D eigenvalue weighted by Gasteiger charge is 2.11. The second-order valence-electron chi connectivity index (χ2n) is 4.18. The van der Waals surface area contributed by atoms with E-state index in [4.69, 9.17) is 4.74 Å². The van der Waals surface area contributed by atoms with Crippen molar-refractivity contribution < 1.29 is 9.84 Å². The summed E-state index contributed by atoms with van der Waals surface area (Å²) < 4.78 is 5.01. The zero-order valence-electron chi connectivity index (χ0n) is 11.0. The fourth-order valence-electron chi connectivity index (χ4n) is 1.34. The maximum Gasteiger partial charge on any atom is 0.0883 e. The predicted octanol–water partition coefficient (Wildman–Crippen LogP) is 4.46. The molecule has 3 heteroatoms. The molecule has 0 bridgehead atoms. The summed E-state index contributed by atoms with van der Waals surface area (Å²) in [6, 6.07) is 0. The van der Waals surface area contributed by atoms with E-state index in [1.165, 1.54) is 0 Å². The van der Waals surface area contributed by atoms with Crippen molar-refractivity contribution in [3.8, 4) is 0 Å². The molecule has 0 radical (unpaired) electrons. The van der Waals surface area contributed by atoms with Gasteiger partial charge in [-0.05, 0) is 25.5 Å². The number of rotatable bonds is 10. The minimum atomic E-state index is 0.235. The van der Waals surface area contributed by atoms with Crippen LogP contribution in [0.3, 0.4) is 0 Å². The molecule has 0 amide bonds. The highest BCUT2D eigenvalue weighted by Crippen LogP contribution is 2.25. The molecule has 0 spiro atoms. The zero-order chi connectivity index (χ0) is 13.3. The number of ether oxygens (including phenoxy) is 1. The van der Waals surface area contributed by atoms with Gasteiger partial charge in [-0.1, -0.05) is 25.3 Å². The molecule has 0 saturated carbocycles. The Labute approximate surface area is 109 Å².